The summed E-state index contributed by atoms with van der Waals surface area (Å²) in [6.07, 6.45) is 0. The Labute approximate surface area is 172 Å². The molecular weight excluding hydrogens is 442 g/mol. The number of urea groups is 1. The number of sulfonamides is 1. The van der Waals surface area contributed by atoms with E-state index in [-0.39, 0.29) is 11.4 Å². The van der Waals surface area contributed by atoms with Crippen LogP contribution in [0.5, 0.6) is 0 Å². The van der Waals surface area contributed by atoms with E-state index in [1.807, 2.05) is 6.07 Å². The number of nitrogens with one attached hydrogen (secondary N) is 1. The highest BCUT2D eigenvalue weighted by Gasteiger charge is 2.22. The normalized spacial score (nSPS) is 11.0. The Morgan fingerprint density at radius 3 is 2.11 bits per heavy atom. The number of hydrogen-bond donors (Lipinski definition) is 2. The molecular formula is C20H18BrN3O3S. The largest absolute Gasteiger partial charge is 0.351 e. The summed E-state index contributed by atoms with van der Waals surface area (Å²) in [6.45, 7) is 0. The molecule has 0 unspecified atom stereocenters. The maximum Gasteiger partial charge on any atom is 0.323 e. The van der Waals surface area contributed by atoms with E-state index in [0.717, 1.165) is 0 Å². The highest BCUT2D eigenvalue weighted by Crippen LogP contribution is 2.36. The fraction of sp³-hybridized carbons (Fsp3) is 0.0500. The number of rotatable bonds is 6. The summed E-state index contributed by atoms with van der Waals surface area (Å²) in [5, 5.41) is 0. The Kier molecular flexibility index (Phi) is 6.01. The first-order valence-electron chi connectivity index (χ1n) is 8.35. The van der Waals surface area contributed by atoms with Crippen LogP contribution in [-0.2, 0) is 15.8 Å². The van der Waals surface area contributed by atoms with Crippen molar-refractivity contribution < 1.29 is 13.2 Å². The van der Waals surface area contributed by atoms with Gasteiger partial charge in [0.05, 0.1) is 22.8 Å². The monoisotopic (exact) mass is 459 g/mol. The summed E-state index contributed by atoms with van der Waals surface area (Å²) in [5.41, 5.74) is 7.37. The van der Waals surface area contributed by atoms with Crippen LogP contribution in [0.4, 0.5) is 21.9 Å². The molecule has 0 radical (unpaired) electrons. The van der Waals surface area contributed by atoms with Crippen LogP contribution < -0.4 is 15.4 Å². The summed E-state index contributed by atoms with van der Waals surface area (Å²) in [4.78, 5) is 13.5. The Bertz CT molecular complexity index is 1090. The molecule has 0 aliphatic carbocycles. The molecule has 0 atom stereocenters. The average Bonchev–Trinajstić information content (AvgIpc) is 2.65. The number of para-hydroxylation sites is 3. The third kappa shape index (κ3) is 4.71. The molecule has 0 aliphatic rings. The molecule has 0 aromatic heterocycles. The van der Waals surface area contributed by atoms with E-state index in [2.05, 4.69) is 20.7 Å². The van der Waals surface area contributed by atoms with Crippen molar-refractivity contribution in [2.75, 3.05) is 9.62 Å². The van der Waals surface area contributed by atoms with Crippen LogP contribution in [0.1, 0.15) is 5.56 Å². The second-order valence-corrected chi connectivity index (χ2v) is 8.57. The molecule has 0 aliphatic heterocycles. The van der Waals surface area contributed by atoms with Gasteiger partial charge in [0.2, 0.25) is 10.0 Å². The molecule has 0 saturated carbocycles. The number of amides is 2. The van der Waals surface area contributed by atoms with Crippen molar-refractivity contribution in [3.8, 4) is 0 Å². The van der Waals surface area contributed by atoms with Crippen LogP contribution in [0.2, 0.25) is 0 Å². The van der Waals surface area contributed by atoms with Gasteiger partial charge in [0, 0.05) is 4.47 Å². The molecule has 0 saturated heterocycles. The van der Waals surface area contributed by atoms with E-state index in [4.69, 9.17) is 5.73 Å². The lowest BCUT2D eigenvalue weighted by Crippen LogP contribution is -2.32. The zero-order chi connectivity index (χ0) is 20.1. The third-order valence-electron chi connectivity index (χ3n) is 3.92. The Balaban J connectivity index is 1.98. The molecule has 0 bridgehead atoms. The highest BCUT2D eigenvalue weighted by atomic mass is 79.9. The van der Waals surface area contributed by atoms with Gasteiger partial charge in [0.25, 0.3) is 0 Å². The van der Waals surface area contributed by atoms with Gasteiger partial charge in [-0.1, -0.05) is 54.6 Å². The first-order chi connectivity index (χ1) is 13.4. The number of carbonyl (C=O) groups excluding carboxylic acids is 1. The zero-order valence-electron chi connectivity index (χ0n) is 14.7. The van der Waals surface area contributed by atoms with Gasteiger partial charge in [0.15, 0.2) is 0 Å². The summed E-state index contributed by atoms with van der Waals surface area (Å²) in [5.74, 6) is -0.187. The van der Waals surface area contributed by atoms with E-state index < -0.39 is 16.1 Å². The molecule has 8 heteroatoms. The van der Waals surface area contributed by atoms with Crippen LogP contribution in [0.3, 0.4) is 0 Å². The lowest BCUT2D eigenvalue weighted by atomic mass is 10.2. The number of benzene rings is 3. The van der Waals surface area contributed by atoms with Gasteiger partial charge in [-0.15, -0.1) is 0 Å². The predicted octanol–water partition coefficient (Wildman–Crippen LogP) is 4.61. The van der Waals surface area contributed by atoms with E-state index in [0.29, 0.717) is 21.4 Å². The van der Waals surface area contributed by atoms with Crippen molar-refractivity contribution in [1.29, 1.82) is 0 Å². The van der Waals surface area contributed by atoms with Gasteiger partial charge in [0.1, 0.15) is 0 Å². The smallest absolute Gasteiger partial charge is 0.323 e. The molecule has 3 aromatic rings. The van der Waals surface area contributed by atoms with Gasteiger partial charge in [-0.05, 0) is 45.8 Å². The molecule has 3 rings (SSSR count). The second-order valence-electron chi connectivity index (χ2n) is 5.99. The van der Waals surface area contributed by atoms with Crippen molar-refractivity contribution in [3.63, 3.8) is 0 Å². The molecule has 0 heterocycles. The van der Waals surface area contributed by atoms with Crippen LogP contribution in [0, 0.1) is 0 Å². The summed E-state index contributed by atoms with van der Waals surface area (Å²) in [7, 11) is -3.70. The Morgan fingerprint density at radius 2 is 1.46 bits per heavy atom. The number of halogens is 1. The van der Waals surface area contributed by atoms with Crippen LogP contribution in [-0.4, -0.2) is 14.4 Å². The lowest BCUT2D eigenvalue weighted by molar-refractivity contribution is 0.256. The maximum absolute atomic E-state index is 12.7. The van der Waals surface area contributed by atoms with Gasteiger partial charge < -0.3 is 5.73 Å². The highest BCUT2D eigenvalue weighted by molar-refractivity contribution is 9.10. The van der Waals surface area contributed by atoms with Gasteiger partial charge in [-0.25, -0.2) is 13.2 Å². The standard InChI is InChI=1S/C20H18BrN3O3S/c21-16-10-4-6-12-18(16)24(20(22)25)19-13-7-5-11-17(19)23-28(26,27)14-15-8-2-1-3-9-15/h1-13,23H,14H2,(H2,22,25). The number of nitrogens with two attached hydrogens (primary N) is 1. The van der Waals surface area contributed by atoms with E-state index in [1.165, 1.54) is 4.90 Å². The van der Waals surface area contributed by atoms with Gasteiger partial charge in [-0.3, -0.25) is 9.62 Å². The number of carbonyl (C=O) groups is 1. The van der Waals surface area contributed by atoms with Gasteiger partial charge >= 0.3 is 6.03 Å². The van der Waals surface area contributed by atoms with E-state index >= 15 is 0 Å². The van der Waals surface area contributed by atoms with Crippen molar-refractivity contribution in [2.24, 2.45) is 5.73 Å². The Hall–Kier alpha value is -2.84. The van der Waals surface area contributed by atoms with Crippen molar-refractivity contribution in [2.45, 2.75) is 5.75 Å². The van der Waals surface area contributed by atoms with Gasteiger partial charge in [-0.2, -0.15) is 0 Å². The number of nitrogens with zero attached hydrogens (tertiary/aromatic N) is 1. The topological polar surface area (TPSA) is 92.5 Å². The Morgan fingerprint density at radius 1 is 0.893 bits per heavy atom. The maximum atomic E-state index is 12.7. The van der Waals surface area contributed by atoms with E-state index in [1.54, 1.807) is 72.8 Å². The van der Waals surface area contributed by atoms with Crippen LogP contribution in [0.15, 0.2) is 83.3 Å². The van der Waals surface area contributed by atoms with Crippen molar-refractivity contribution in [1.82, 2.24) is 0 Å². The fourth-order valence-electron chi connectivity index (χ4n) is 2.75. The SMILES string of the molecule is NC(=O)N(c1ccccc1Br)c1ccccc1NS(=O)(=O)Cc1ccccc1. The molecule has 0 fully saturated rings. The summed E-state index contributed by atoms with van der Waals surface area (Å²) < 4.78 is 28.5. The lowest BCUT2D eigenvalue weighted by Gasteiger charge is -2.24. The molecule has 6 nitrogen and oxygen atoms in total. The number of anilines is 3. The minimum absolute atomic E-state index is 0.187. The molecule has 2 amide bonds. The quantitative estimate of drug-likeness (QED) is 0.563. The first kappa shape index (κ1) is 19.9. The molecule has 3 aromatic carbocycles. The average molecular weight is 460 g/mol. The fourth-order valence-corrected chi connectivity index (χ4v) is 4.43. The van der Waals surface area contributed by atoms with Crippen LogP contribution >= 0.6 is 15.9 Å². The predicted molar refractivity (Wildman–Crippen MR) is 115 cm³/mol. The number of hydrogen-bond acceptors (Lipinski definition) is 3. The summed E-state index contributed by atoms with van der Waals surface area (Å²) in [6, 6.07) is 21.8. The van der Waals surface area contributed by atoms with E-state index in [9.17, 15) is 13.2 Å². The molecule has 28 heavy (non-hydrogen) atoms. The van der Waals surface area contributed by atoms with Crippen LogP contribution in [0.25, 0.3) is 0 Å². The first-order valence-corrected chi connectivity index (χ1v) is 10.8. The summed E-state index contributed by atoms with van der Waals surface area (Å²) >= 11 is 3.40. The zero-order valence-corrected chi connectivity index (χ0v) is 17.2. The number of primary amides is 1. The third-order valence-corrected chi connectivity index (χ3v) is 5.84. The minimum Gasteiger partial charge on any atom is -0.351 e. The second kappa shape index (κ2) is 8.45. The van der Waals surface area contributed by atoms with Crippen molar-refractivity contribution >= 4 is 49.0 Å². The molecule has 3 N–H and O–H groups in total. The molecule has 144 valence electrons. The van der Waals surface area contributed by atoms with Crippen molar-refractivity contribution in [3.05, 3.63) is 88.9 Å². The molecule has 0 spiro atoms. The minimum atomic E-state index is -3.70.